The van der Waals surface area contributed by atoms with Crippen LogP contribution in [0.15, 0.2) is 0 Å². The Labute approximate surface area is 175 Å². The van der Waals surface area contributed by atoms with Gasteiger partial charge in [0.1, 0.15) is 43.3 Å². The van der Waals surface area contributed by atoms with Crippen molar-refractivity contribution < 1.29 is 54.0 Å². The first-order chi connectivity index (χ1) is 14.3. The van der Waals surface area contributed by atoms with Gasteiger partial charge in [-0.05, 0) is 32.7 Å². The third-order valence-electron chi connectivity index (χ3n) is 4.74. The molecular formula is C18H36FNO10. The first kappa shape index (κ1) is 27.5. The highest BCUT2D eigenvalue weighted by molar-refractivity contribution is 4.91. The minimum absolute atomic E-state index is 0.209. The lowest BCUT2D eigenvalue weighted by molar-refractivity contribution is -0.339. The van der Waals surface area contributed by atoms with Crippen molar-refractivity contribution in [1.82, 2.24) is 0 Å². The molecule has 0 bridgehead atoms. The van der Waals surface area contributed by atoms with Crippen molar-refractivity contribution in [2.45, 2.75) is 81.5 Å². The van der Waals surface area contributed by atoms with E-state index < -0.39 is 75.2 Å². The molecule has 0 saturated carbocycles. The number of aliphatic hydroxyl groups is 6. The standard InChI is InChI=1S/C18H36FNO10/c1-10(23)13(9-22)29-17(11(24)8-21)30-16-12(7-19)28-18(15(26)14(16)25)27-6-4-2-3-5-20/h10-18,21-26H,2-9,20H2,1H3. The fourth-order valence-corrected chi connectivity index (χ4v) is 2.89. The topological polar surface area (TPSA) is 184 Å². The molecular weight excluding hydrogens is 409 g/mol. The Kier molecular flexibility index (Phi) is 13.3. The van der Waals surface area contributed by atoms with Gasteiger partial charge in [-0.25, -0.2) is 4.39 Å². The summed E-state index contributed by atoms with van der Waals surface area (Å²) in [7, 11) is 0. The molecule has 8 N–H and O–H groups in total. The number of unbranched alkanes of at least 4 members (excludes halogenated alkanes) is 2. The summed E-state index contributed by atoms with van der Waals surface area (Å²) in [5.74, 6) is 0. The highest BCUT2D eigenvalue weighted by Crippen LogP contribution is 2.27. The summed E-state index contributed by atoms with van der Waals surface area (Å²) in [5, 5.41) is 58.8. The molecule has 1 saturated heterocycles. The van der Waals surface area contributed by atoms with Crippen molar-refractivity contribution in [3.8, 4) is 0 Å². The van der Waals surface area contributed by atoms with Crippen molar-refractivity contribution in [2.75, 3.05) is 33.0 Å². The van der Waals surface area contributed by atoms with Crippen molar-refractivity contribution in [2.24, 2.45) is 5.73 Å². The van der Waals surface area contributed by atoms with E-state index in [9.17, 15) is 35.0 Å². The zero-order valence-electron chi connectivity index (χ0n) is 17.1. The van der Waals surface area contributed by atoms with Gasteiger partial charge in [-0.1, -0.05) is 0 Å². The molecule has 12 heteroatoms. The van der Waals surface area contributed by atoms with E-state index >= 15 is 0 Å². The molecule has 1 aliphatic rings. The third kappa shape index (κ3) is 8.20. The highest BCUT2D eigenvalue weighted by Gasteiger charge is 2.47. The van der Waals surface area contributed by atoms with Crippen LogP contribution in [0.2, 0.25) is 0 Å². The van der Waals surface area contributed by atoms with Gasteiger partial charge in [-0.3, -0.25) is 0 Å². The number of ether oxygens (including phenoxy) is 4. The summed E-state index contributed by atoms with van der Waals surface area (Å²) in [6.45, 7) is -0.479. The first-order valence-corrected chi connectivity index (χ1v) is 10.1. The molecule has 0 aromatic heterocycles. The minimum atomic E-state index is -1.66. The van der Waals surface area contributed by atoms with Gasteiger partial charge in [0.05, 0.1) is 19.3 Å². The van der Waals surface area contributed by atoms with Crippen LogP contribution in [0.1, 0.15) is 26.2 Å². The molecule has 1 heterocycles. The van der Waals surface area contributed by atoms with Crippen LogP contribution in [0.25, 0.3) is 0 Å². The molecule has 180 valence electrons. The maximum absolute atomic E-state index is 13.6. The summed E-state index contributed by atoms with van der Waals surface area (Å²) in [6, 6.07) is 0. The summed E-state index contributed by atoms with van der Waals surface area (Å²) in [6.07, 6.45) is -10.8. The normalized spacial score (nSPS) is 31.3. The molecule has 0 spiro atoms. The quantitative estimate of drug-likeness (QED) is 0.103. The van der Waals surface area contributed by atoms with Crippen LogP contribution >= 0.6 is 0 Å². The van der Waals surface area contributed by atoms with Crippen LogP contribution in [0.3, 0.4) is 0 Å². The van der Waals surface area contributed by atoms with Crippen LogP contribution in [-0.2, 0) is 18.9 Å². The Morgan fingerprint density at radius 2 is 1.77 bits per heavy atom. The molecule has 1 rings (SSSR count). The number of nitrogens with two attached hydrogens (primary N) is 1. The second-order valence-electron chi connectivity index (χ2n) is 7.22. The van der Waals surface area contributed by atoms with Crippen LogP contribution in [-0.4, -0.2) is 119 Å². The van der Waals surface area contributed by atoms with E-state index in [1.165, 1.54) is 6.92 Å². The SMILES string of the molecule is CC(O)C(CO)OC(OC1C(CF)OC(OCCCCCN)C(O)C1O)C(O)CO. The second-order valence-corrected chi connectivity index (χ2v) is 7.22. The number of halogens is 1. The Balaban J connectivity index is 2.80. The highest BCUT2D eigenvalue weighted by atomic mass is 19.1. The molecule has 0 aliphatic carbocycles. The Morgan fingerprint density at radius 1 is 1.07 bits per heavy atom. The lowest BCUT2D eigenvalue weighted by atomic mass is 9.99. The Hall–Kier alpha value is -0.510. The Bertz CT molecular complexity index is 447. The molecule has 1 fully saturated rings. The van der Waals surface area contributed by atoms with Crippen molar-refractivity contribution in [1.29, 1.82) is 0 Å². The fourth-order valence-electron chi connectivity index (χ4n) is 2.89. The number of alkyl halides is 1. The van der Waals surface area contributed by atoms with E-state index in [0.29, 0.717) is 13.0 Å². The molecule has 0 aromatic carbocycles. The van der Waals surface area contributed by atoms with Crippen molar-refractivity contribution in [3.05, 3.63) is 0 Å². The van der Waals surface area contributed by atoms with Crippen molar-refractivity contribution in [3.63, 3.8) is 0 Å². The average molecular weight is 445 g/mol. The van der Waals surface area contributed by atoms with Gasteiger partial charge in [-0.2, -0.15) is 0 Å². The van der Waals surface area contributed by atoms with Gasteiger partial charge >= 0.3 is 0 Å². The van der Waals surface area contributed by atoms with Gasteiger partial charge in [0.15, 0.2) is 12.6 Å². The maximum atomic E-state index is 13.6. The summed E-state index contributed by atoms with van der Waals surface area (Å²) in [4.78, 5) is 0. The fraction of sp³-hybridized carbons (Fsp3) is 1.00. The number of hydrogen-bond donors (Lipinski definition) is 7. The van der Waals surface area contributed by atoms with Gasteiger partial charge in [0.2, 0.25) is 0 Å². The number of aliphatic hydroxyl groups excluding tert-OH is 6. The van der Waals surface area contributed by atoms with E-state index in [4.69, 9.17) is 24.7 Å². The molecule has 0 aromatic rings. The molecule has 0 amide bonds. The van der Waals surface area contributed by atoms with E-state index in [2.05, 4.69) is 0 Å². The second kappa shape index (κ2) is 14.5. The minimum Gasteiger partial charge on any atom is -0.394 e. The maximum Gasteiger partial charge on any atom is 0.186 e. The zero-order valence-corrected chi connectivity index (χ0v) is 17.1. The lowest BCUT2D eigenvalue weighted by Crippen LogP contribution is -2.61. The molecule has 9 unspecified atom stereocenters. The van der Waals surface area contributed by atoms with Crippen LogP contribution < -0.4 is 5.73 Å². The van der Waals surface area contributed by atoms with Gasteiger partial charge < -0.3 is 55.3 Å². The van der Waals surface area contributed by atoms with Gasteiger partial charge in [-0.15, -0.1) is 0 Å². The van der Waals surface area contributed by atoms with E-state index in [1.54, 1.807) is 0 Å². The van der Waals surface area contributed by atoms with Gasteiger partial charge in [0.25, 0.3) is 0 Å². The molecule has 11 nitrogen and oxygen atoms in total. The Morgan fingerprint density at radius 3 is 2.30 bits per heavy atom. The largest absolute Gasteiger partial charge is 0.394 e. The van der Waals surface area contributed by atoms with E-state index in [0.717, 1.165) is 12.8 Å². The first-order valence-electron chi connectivity index (χ1n) is 10.1. The monoisotopic (exact) mass is 445 g/mol. The van der Waals surface area contributed by atoms with Gasteiger partial charge in [0, 0.05) is 6.61 Å². The smallest absolute Gasteiger partial charge is 0.186 e. The molecule has 1 aliphatic heterocycles. The predicted molar refractivity (Wildman–Crippen MR) is 101 cm³/mol. The predicted octanol–water partition coefficient (Wildman–Crippen LogP) is -2.63. The summed E-state index contributed by atoms with van der Waals surface area (Å²) >= 11 is 0. The average Bonchev–Trinajstić information content (AvgIpc) is 2.74. The van der Waals surface area contributed by atoms with Crippen LogP contribution in [0.4, 0.5) is 4.39 Å². The molecule has 30 heavy (non-hydrogen) atoms. The molecule has 9 atom stereocenters. The lowest BCUT2D eigenvalue weighted by Gasteiger charge is -2.43. The molecule has 0 radical (unpaired) electrons. The van der Waals surface area contributed by atoms with Crippen LogP contribution in [0.5, 0.6) is 0 Å². The number of rotatable bonds is 15. The zero-order chi connectivity index (χ0) is 22.7. The number of hydrogen-bond acceptors (Lipinski definition) is 11. The summed E-state index contributed by atoms with van der Waals surface area (Å²) in [5.41, 5.74) is 5.41. The summed E-state index contributed by atoms with van der Waals surface area (Å²) < 4.78 is 35.1. The van der Waals surface area contributed by atoms with Crippen molar-refractivity contribution >= 4 is 0 Å². The van der Waals surface area contributed by atoms with Crippen LogP contribution in [0, 0.1) is 0 Å². The van der Waals surface area contributed by atoms with E-state index in [-0.39, 0.29) is 6.61 Å². The van der Waals surface area contributed by atoms with E-state index in [1.807, 2.05) is 0 Å². The third-order valence-corrected chi connectivity index (χ3v) is 4.74.